The molecule has 2 rings (SSSR count). The van der Waals surface area contributed by atoms with Gasteiger partial charge in [-0.1, -0.05) is 11.6 Å². The largest absolute Gasteiger partial charge is 0.399 e. The number of nitrogens with two attached hydrogens (primary N) is 1. The molecule has 0 saturated carbocycles. The second kappa shape index (κ2) is 5.85. The van der Waals surface area contributed by atoms with Crippen molar-refractivity contribution < 1.29 is 17.5 Å². The van der Waals surface area contributed by atoms with Crippen molar-refractivity contribution >= 4 is 27.3 Å². The summed E-state index contributed by atoms with van der Waals surface area (Å²) in [4.78, 5) is -0.526. The lowest BCUT2D eigenvalue weighted by atomic mass is 10.1. The van der Waals surface area contributed by atoms with E-state index in [0.29, 0.717) is 19.4 Å². The molecule has 3 N–H and O–H groups in total. The van der Waals surface area contributed by atoms with Crippen molar-refractivity contribution in [1.82, 2.24) is 4.72 Å². The predicted octanol–water partition coefficient (Wildman–Crippen LogP) is 1.91. The summed E-state index contributed by atoms with van der Waals surface area (Å²) in [5, 5.41) is -0.314. The minimum absolute atomic E-state index is 0.0364. The second-order valence-electron chi connectivity index (χ2n) is 4.84. The molecular formula is C12H16ClFN2O3S. The van der Waals surface area contributed by atoms with E-state index in [4.69, 9.17) is 22.1 Å². The molecule has 1 aliphatic rings. The summed E-state index contributed by atoms with van der Waals surface area (Å²) in [6, 6.07) is 1.95. The fourth-order valence-corrected chi connectivity index (χ4v) is 3.87. The number of anilines is 1. The molecule has 0 amide bonds. The van der Waals surface area contributed by atoms with Crippen LogP contribution in [0, 0.1) is 5.82 Å². The Labute approximate surface area is 122 Å². The molecule has 0 bridgehead atoms. The van der Waals surface area contributed by atoms with Crippen molar-refractivity contribution in [2.45, 2.75) is 36.8 Å². The zero-order valence-corrected chi connectivity index (χ0v) is 12.5. The lowest BCUT2D eigenvalue weighted by Gasteiger charge is -2.27. The van der Waals surface area contributed by atoms with E-state index in [-0.39, 0.29) is 22.9 Å². The molecule has 0 aromatic heterocycles. The summed E-state index contributed by atoms with van der Waals surface area (Å²) in [6.07, 6.45) is 1.05. The van der Waals surface area contributed by atoms with Gasteiger partial charge in [0.2, 0.25) is 10.0 Å². The molecule has 2 atom stereocenters. The van der Waals surface area contributed by atoms with Crippen molar-refractivity contribution in [3.8, 4) is 0 Å². The van der Waals surface area contributed by atoms with Gasteiger partial charge < -0.3 is 10.5 Å². The van der Waals surface area contributed by atoms with E-state index in [1.54, 1.807) is 0 Å². The van der Waals surface area contributed by atoms with Crippen molar-refractivity contribution in [2.24, 2.45) is 0 Å². The van der Waals surface area contributed by atoms with Crippen LogP contribution in [-0.2, 0) is 14.8 Å². The number of nitrogen functional groups attached to an aromatic ring is 1. The first kappa shape index (κ1) is 15.5. The van der Waals surface area contributed by atoms with Gasteiger partial charge in [-0.2, -0.15) is 0 Å². The zero-order chi connectivity index (χ0) is 14.9. The Hall–Kier alpha value is -0.890. The van der Waals surface area contributed by atoms with Gasteiger partial charge in [0.05, 0.1) is 11.1 Å². The van der Waals surface area contributed by atoms with Gasteiger partial charge in [-0.05, 0) is 31.9 Å². The van der Waals surface area contributed by atoms with Gasteiger partial charge in [-0.15, -0.1) is 0 Å². The van der Waals surface area contributed by atoms with Gasteiger partial charge in [0.1, 0.15) is 4.90 Å². The number of halogens is 2. The molecule has 112 valence electrons. The van der Waals surface area contributed by atoms with Gasteiger partial charge in [0.15, 0.2) is 5.82 Å². The van der Waals surface area contributed by atoms with Crippen LogP contribution < -0.4 is 10.5 Å². The van der Waals surface area contributed by atoms with Gasteiger partial charge in [-0.25, -0.2) is 17.5 Å². The Bertz CT molecular complexity index is 609. The highest BCUT2D eigenvalue weighted by Gasteiger charge is 2.28. The summed E-state index contributed by atoms with van der Waals surface area (Å²) in [5.41, 5.74) is 5.61. The molecule has 2 unspecified atom stereocenters. The minimum atomic E-state index is -4.00. The number of hydrogen-bond acceptors (Lipinski definition) is 4. The molecule has 0 spiro atoms. The molecule has 1 aromatic carbocycles. The van der Waals surface area contributed by atoms with Gasteiger partial charge in [0, 0.05) is 18.3 Å². The standard InChI is InChI=1S/C12H16ClFN2O3S/c1-7-4-9(2-3-19-7)16-20(17,18)11-6-8(15)5-10(13)12(11)14/h5-7,9,16H,2-4,15H2,1H3. The molecule has 1 aliphatic heterocycles. The number of nitrogens with one attached hydrogen (secondary N) is 1. The number of hydrogen-bond donors (Lipinski definition) is 2. The molecule has 1 saturated heterocycles. The molecule has 0 radical (unpaired) electrons. The Morgan fingerprint density at radius 2 is 2.20 bits per heavy atom. The fraction of sp³-hybridized carbons (Fsp3) is 0.500. The maximum atomic E-state index is 13.9. The van der Waals surface area contributed by atoms with E-state index in [2.05, 4.69) is 4.72 Å². The van der Waals surface area contributed by atoms with Crippen molar-refractivity contribution in [3.63, 3.8) is 0 Å². The SMILES string of the molecule is CC1CC(NS(=O)(=O)c2cc(N)cc(Cl)c2F)CCO1. The number of benzene rings is 1. The lowest BCUT2D eigenvalue weighted by Crippen LogP contribution is -2.41. The molecular weight excluding hydrogens is 307 g/mol. The molecule has 1 aromatic rings. The van der Waals surface area contributed by atoms with E-state index in [9.17, 15) is 12.8 Å². The van der Waals surface area contributed by atoms with Crippen LogP contribution in [0.3, 0.4) is 0 Å². The third-order valence-corrected chi connectivity index (χ3v) is 4.91. The average molecular weight is 323 g/mol. The van der Waals surface area contributed by atoms with Gasteiger partial charge in [-0.3, -0.25) is 0 Å². The van der Waals surface area contributed by atoms with Crippen LogP contribution >= 0.6 is 11.6 Å². The second-order valence-corrected chi connectivity index (χ2v) is 6.93. The van der Waals surface area contributed by atoms with E-state index in [1.807, 2.05) is 6.92 Å². The topological polar surface area (TPSA) is 81.4 Å². The Balaban J connectivity index is 2.26. The van der Waals surface area contributed by atoms with Crippen LogP contribution in [0.25, 0.3) is 0 Å². The first-order valence-electron chi connectivity index (χ1n) is 6.18. The Morgan fingerprint density at radius 3 is 2.85 bits per heavy atom. The van der Waals surface area contributed by atoms with Crippen molar-refractivity contribution in [3.05, 3.63) is 23.0 Å². The Kier molecular flexibility index (Phi) is 4.53. The smallest absolute Gasteiger partial charge is 0.243 e. The predicted molar refractivity (Wildman–Crippen MR) is 74.6 cm³/mol. The fourth-order valence-electron chi connectivity index (χ4n) is 2.17. The van der Waals surface area contributed by atoms with E-state index in [0.717, 1.165) is 6.07 Å². The van der Waals surface area contributed by atoms with E-state index >= 15 is 0 Å². The summed E-state index contributed by atoms with van der Waals surface area (Å²) in [5.74, 6) is -0.992. The number of ether oxygens (including phenoxy) is 1. The molecule has 1 heterocycles. The molecule has 8 heteroatoms. The quantitative estimate of drug-likeness (QED) is 0.833. The molecule has 20 heavy (non-hydrogen) atoms. The summed E-state index contributed by atoms with van der Waals surface area (Å²) >= 11 is 5.62. The molecule has 0 aliphatic carbocycles. The van der Waals surface area contributed by atoms with Crippen LogP contribution in [0.15, 0.2) is 17.0 Å². The summed E-state index contributed by atoms with van der Waals surface area (Å²) in [7, 11) is -4.00. The third-order valence-electron chi connectivity index (χ3n) is 3.11. The van der Waals surface area contributed by atoms with Crippen LogP contribution in [0.1, 0.15) is 19.8 Å². The first-order chi connectivity index (χ1) is 9.29. The Morgan fingerprint density at radius 1 is 1.50 bits per heavy atom. The first-order valence-corrected chi connectivity index (χ1v) is 8.04. The van der Waals surface area contributed by atoms with Crippen molar-refractivity contribution in [2.75, 3.05) is 12.3 Å². The lowest BCUT2D eigenvalue weighted by molar-refractivity contribution is 0.0173. The van der Waals surface area contributed by atoms with E-state index in [1.165, 1.54) is 6.07 Å². The highest BCUT2D eigenvalue weighted by atomic mass is 35.5. The maximum Gasteiger partial charge on any atom is 0.243 e. The van der Waals surface area contributed by atoms with Crippen LogP contribution in [0.2, 0.25) is 5.02 Å². The normalized spacial score (nSPS) is 23.8. The maximum absolute atomic E-state index is 13.9. The number of sulfonamides is 1. The average Bonchev–Trinajstić information content (AvgIpc) is 2.33. The van der Waals surface area contributed by atoms with E-state index < -0.39 is 20.7 Å². The van der Waals surface area contributed by atoms with Crippen LogP contribution in [0.4, 0.5) is 10.1 Å². The highest BCUT2D eigenvalue weighted by Crippen LogP contribution is 2.26. The monoisotopic (exact) mass is 322 g/mol. The zero-order valence-electron chi connectivity index (χ0n) is 10.9. The summed E-state index contributed by atoms with van der Waals surface area (Å²) in [6.45, 7) is 2.33. The van der Waals surface area contributed by atoms with Gasteiger partial charge >= 0.3 is 0 Å². The van der Waals surface area contributed by atoms with Crippen molar-refractivity contribution in [1.29, 1.82) is 0 Å². The van der Waals surface area contributed by atoms with Crippen LogP contribution in [0.5, 0.6) is 0 Å². The molecule has 1 fully saturated rings. The number of rotatable bonds is 3. The third kappa shape index (κ3) is 3.41. The van der Waals surface area contributed by atoms with Gasteiger partial charge in [0.25, 0.3) is 0 Å². The minimum Gasteiger partial charge on any atom is -0.399 e. The highest BCUT2D eigenvalue weighted by molar-refractivity contribution is 7.89. The summed E-state index contributed by atoms with van der Waals surface area (Å²) < 4.78 is 46.1. The van der Waals surface area contributed by atoms with Crippen LogP contribution in [-0.4, -0.2) is 27.2 Å². The molecule has 5 nitrogen and oxygen atoms in total.